The predicted molar refractivity (Wildman–Crippen MR) is 143 cm³/mol. The summed E-state index contributed by atoms with van der Waals surface area (Å²) in [6, 6.07) is 22.9. The fourth-order valence-corrected chi connectivity index (χ4v) is 4.40. The van der Waals surface area contributed by atoms with E-state index in [1.165, 1.54) is 7.11 Å². The second kappa shape index (κ2) is 13.3. The average molecular weight is 523 g/mol. The molecule has 1 unspecified atom stereocenters. The van der Waals surface area contributed by atoms with E-state index in [2.05, 4.69) is 22.4 Å². The van der Waals surface area contributed by atoms with Crippen molar-refractivity contribution in [3.8, 4) is 0 Å². The molecule has 0 spiro atoms. The molecule has 4 rings (SSSR count). The summed E-state index contributed by atoms with van der Waals surface area (Å²) in [7, 11) is 1.45. The lowest BCUT2D eigenvalue weighted by atomic mass is 9.96. The summed E-state index contributed by atoms with van der Waals surface area (Å²) >= 11 is 0. The second-order valence-corrected chi connectivity index (χ2v) is 9.06. The summed E-state index contributed by atoms with van der Waals surface area (Å²) in [6.45, 7) is 0.370. The van der Waals surface area contributed by atoms with Gasteiger partial charge in [0, 0.05) is 7.11 Å². The zero-order valence-corrected chi connectivity index (χ0v) is 21.2. The van der Waals surface area contributed by atoms with Crippen LogP contribution in [0.25, 0.3) is 10.8 Å². The topological polar surface area (TPSA) is 151 Å². The van der Waals surface area contributed by atoms with Crippen LogP contribution >= 0.6 is 0 Å². The first-order valence-electron chi connectivity index (χ1n) is 12.4. The van der Waals surface area contributed by atoms with Gasteiger partial charge in [-0.05, 0) is 28.0 Å². The van der Waals surface area contributed by atoms with E-state index in [9.17, 15) is 9.90 Å². The van der Waals surface area contributed by atoms with Crippen molar-refractivity contribution in [1.82, 2.24) is 5.32 Å². The van der Waals surface area contributed by atoms with Gasteiger partial charge in [0.15, 0.2) is 12.2 Å². The van der Waals surface area contributed by atoms with E-state index in [-0.39, 0.29) is 25.7 Å². The molecule has 10 heteroatoms. The monoisotopic (exact) mass is 522 g/mol. The van der Waals surface area contributed by atoms with Crippen molar-refractivity contribution in [3.63, 3.8) is 0 Å². The summed E-state index contributed by atoms with van der Waals surface area (Å²) < 4.78 is 23.7. The minimum absolute atomic E-state index is 0.0910. The Bertz CT molecular complexity index is 1220. The summed E-state index contributed by atoms with van der Waals surface area (Å²) in [6.07, 6.45) is -3.61. The van der Waals surface area contributed by atoms with Crippen molar-refractivity contribution in [2.75, 3.05) is 20.3 Å². The molecule has 1 amide bonds. The molecule has 1 saturated heterocycles. The van der Waals surface area contributed by atoms with Crippen molar-refractivity contribution in [1.29, 1.82) is 0 Å². The lowest BCUT2D eigenvalue weighted by Gasteiger charge is -2.44. The van der Waals surface area contributed by atoms with E-state index in [1.54, 1.807) is 0 Å². The molecule has 1 aliphatic heterocycles. The van der Waals surface area contributed by atoms with E-state index in [0.29, 0.717) is 6.61 Å². The lowest BCUT2D eigenvalue weighted by Crippen LogP contribution is -2.65. The fourth-order valence-electron chi connectivity index (χ4n) is 4.40. The molecule has 1 aliphatic rings. The van der Waals surface area contributed by atoms with Crippen LogP contribution in [0.4, 0.5) is 0 Å². The number of methoxy groups -OCH3 is 1. The van der Waals surface area contributed by atoms with Crippen LogP contribution in [0.1, 0.15) is 11.1 Å². The van der Waals surface area contributed by atoms with Crippen LogP contribution in [0, 0.1) is 0 Å². The van der Waals surface area contributed by atoms with Crippen LogP contribution in [-0.4, -0.2) is 67.9 Å². The number of fused-ring (bicyclic) bond motifs is 1. The minimum Gasteiger partial charge on any atom is -0.388 e. The largest absolute Gasteiger partial charge is 0.388 e. The summed E-state index contributed by atoms with van der Waals surface area (Å²) in [5, 5.41) is 16.1. The molecular formula is C28H34N4O6. The number of nitrogens with two attached hydrogens (primary N) is 2. The minimum atomic E-state index is -1.10. The maximum absolute atomic E-state index is 12.5. The van der Waals surface area contributed by atoms with Crippen molar-refractivity contribution in [2.45, 2.75) is 43.9 Å². The standard InChI is InChI=1S/C28H34N4O6/c1-35-26-24(32-23(33)14-31-28(29)30)27(37-16-18-7-3-2-4-8-18)38-22(25(26)34)17-36-15-19-11-12-20-9-5-6-10-21(20)13-19/h2-13,22,24-27,34H,14-17H2,1H3,(H,32,33)(H4,29,30,31)/t22-,24-,25-,26-,27?/m1/s1. The first-order valence-corrected chi connectivity index (χ1v) is 12.4. The molecular weight excluding hydrogens is 488 g/mol. The Morgan fingerprint density at radius 3 is 2.47 bits per heavy atom. The highest BCUT2D eigenvalue weighted by atomic mass is 16.7. The Balaban J connectivity index is 1.44. The SMILES string of the molecule is CO[C@H]1[C@H](O)[C@@H](COCc2ccc3ccccc3c2)OC(OCc2ccccc2)[C@@H]1NC(=O)CN=C(N)N. The van der Waals surface area contributed by atoms with Crippen molar-refractivity contribution < 1.29 is 28.8 Å². The van der Waals surface area contributed by atoms with E-state index in [1.807, 2.05) is 60.7 Å². The molecule has 0 aromatic heterocycles. The average Bonchev–Trinajstić information content (AvgIpc) is 2.93. The van der Waals surface area contributed by atoms with Gasteiger partial charge < -0.3 is 40.8 Å². The van der Waals surface area contributed by atoms with Gasteiger partial charge in [-0.25, -0.2) is 4.99 Å². The number of hydrogen-bond donors (Lipinski definition) is 4. The predicted octanol–water partition coefficient (Wildman–Crippen LogP) is 1.43. The molecule has 0 saturated carbocycles. The van der Waals surface area contributed by atoms with Crippen LogP contribution in [0.2, 0.25) is 0 Å². The summed E-state index contributed by atoms with van der Waals surface area (Å²) in [5.74, 6) is -0.676. The molecule has 0 radical (unpaired) electrons. The number of ether oxygens (including phenoxy) is 4. The maximum Gasteiger partial charge on any atom is 0.242 e. The van der Waals surface area contributed by atoms with Gasteiger partial charge in [-0.3, -0.25) is 4.79 Å². The van der Waals surface area contributed by atoms with Crippen LogP contribution in [-0.2, 0) is 37.0 Å². The van der Waals surface area contributed by atoms with Gasteiger partial charge in [0.25, 0.3) is 0 Å². The Morgan fingerprint density at radius 2 is 1.74 bits per heavy atom. The lowest BCUT2D eigenvalue weighted by molar-refractivity contribution is -0.279. The molecule has 5 atom stereocenters. The first-order chi connectivity index (χ1) is 18.4. The van der Waals surface area contributed by atoms with E-state index in [4.69, 9.17) is 30.4 Å². The van der Waals surface area contributed by atoms with Gasteiger partial charge in [-0.2, -0.15) is 0 Å². The number of benzene rings is 3. The number of aliphatic hydroxyl groups excluding tert-OH is 1. The molecule has 202 valence electrons. The number of nitrogens with one attached hydrogen (secondary N) is 1. The highest BCUT2D eigenvalue weighted by Crippen LogP contribution is 2.26. The molecule has 1 fully saturated rings. The first kappa shape index (κ1) is 27.5. The summed E-state index contributed by atoms with van der Waals surface area (Å²) in [4.78, 5) is 16.2. The smallest absolute Gasteiger partial charge is 0.242 e. The van der Waals surface area contributed by atoms with Crippen LogP contribution < -0.4 is 16.8 Å². The fraction of sp³-hybridized carbons (Fsp3) is 0.357. The van der Waals surface area contributed by atoms with Gasteiger partial charge in [-0.1, -0.05) is 66.7 Å². The van der Waals surface area contributed by atoms with Crippen molar-refractivity contribution >= 4 is 22.6 Å². The molecule has 38 heavy (non-hydrogen) atoms. The molecule has 3 aromatic carbocycles. The third kappa shape index (κ3) is 7.27. The van der Waals surface area contributed by atoms with Gasteiger partial charge in [0.05, 0.1) is 19.8 Å². The zero-order chi connectivity index (χ0) is 26.9. The zero-order valence-electron chi connectivity index (χ0n) is 21.2. The normalized spacial score (nSPS) is 23.2. The number of rotatable bonds is 11. The number of nitrogens with zero attached hydrogens (tertiary/aromatic N) is 1. The molecule has 0 aliphatic carbocycles. The number of aliphatic hydroxyl groups is 1. The highest BCUT2D eigenvalue weighted by Gasteiger charge is 2.47. The van der Waals surface area contributed by atoms with Crippen molar-refractivity contribution in [3.05, 3.63) is 83.9 Å². The Hall–Kier alpha value is -3.54. The quantitative estimate of drug-likeness (QED) is 0.218. The molecule has 3 aromatic rings. The third-order valence-electron chi connectivity index (χ3n) is 6.30. The summed E-state index contributed by atoms with van der Waals surface area (Å²) in [5.41, 5.74) is 12.6. The Labute approximate surface area is 221 Å². The molecule has 10 nitrogen and oxygen atoms in total. The highest BCUT2D eigenvalue weighted by molar-refractivity contribution is 5.83. The van der Waals surface area contributed by atoms with Crippen LogP contribution in [0.15, 0.2) is 77.8 Å². The number of aliphatic imine (C=N–C) groups is 1. The van der Waals surface area contributed by atoms with Gasteiger partial charge in [-0.15, -0.1) is 0 Å². The molecule has 1 heterocycles. The number of carbonyl (C=O) groups excluding carboxylic acids is 1. The van der Waals surface area contributed by atoms with Gasteiger partial charge in [0.2, 0.25) is 5.91 Å². The third-order valence-corrected chi connectivity index (χ3v) is 6.30. The Morgan fingerprint density at radius 1 is 1.00 bits per heavy atom. The van der Waals surface area contributed by atoms with E-state index >= 15 is 0 Å². The molecule has 0 bridgehead atoms. The Kier molecular flexibility index (Phi) is 9.63. The van der Waals surface area contributed by atoms with Crippen LogP contribution in [0.3, 0.4) is 0 Å². The van der Waals surface area contributed by atoms with E-state index < -0.39 is 36.6 Å². The van der Waals surface area contributed by atoms with Gasteiger partial charge in [0.1, 0.15) is 30.9 Å². The van der Waals surface area contributed by atoms with Crippen molar-refractivity contribution in [2.24, 2.45) is 16.5 Å². The number of carbonyl (C=O) groups is 1. The maximum atomic E-state index is 12.5. The number of hydrogen-bond acceptors (Lipinski definition) is 7. The molecule has 6 N–H and O–H groups in total. The number of guanidine groups is 1. The van der Waals surface area contributed by atoms with Crippen LogP contribution in [0.5, 0.6) is 0 Å². The van der Waals surface area contributed by atoms with Gasteiger partial charge >= 0.3 is 0 Å². The second-order valence-electron chi connectivity index (χ2n) is 9.06. The number of amides is 1. The van der Waals surface area contributed by atoms with E-state index in [0.717, 1.165) is 21.9 Å².